The van der Waals surface area contributed by atoms with Crippen molar-refractivity contribution in [3.63, 3.8) is 0 Å². The molecule has 26 heavy (non-hydrogen) atoms. The molecule has 6 heteroatoms. The van der Waals surface area contributed by atoms with Crippen LogP contribution < -0.4 is 0 Å². The van der Waals surface area contributed by atoms with Gasteiger partial charge < -0.3 is 4.74 Å². The molecule has 0 radical (unpaired) electrons. The molecule has 0 fully saturated rings. The first kappa shape index (κ1) is 16.5. The topological polar surface area (TPSA) is 54.8 Å². The van der Waals surface area contributed by atoms with Crippen LogP contribution in [0.25, 0.3) is 10.6 Å². The first-order valence-corrected chi connectivity index (χ1v) is 9.08. The summed E-state index contributed by atoms with van der Waals surface area (Å²) in [6, 6.07) is 19.6. The summed E-state index contributed by atoms with van der Waals surface area (Å²) in [5, 5.41) is 6.72. The van der Waals surface area contributed by atoms with Crippen LogP contribution in [0, 0.1) is 6.92 Å². The zero-order valence-corrected chi connectivity index (χ0v) is 15.2. The van der Waals surface area contributed by atoms with Crippen molar-refractivity contribution >= 4 is 23.1 Å². The molecular weight excluding hydrogens is 346 g/mol. The van der Waals surface area contributed by atoms with Gasteiger partial charge in [0.05, 0.1) is 5.69 Å². The number of ether oxygens (including phenoxy) is 1. The zero-order valence-electron chi connectivity index (χ0n) is 14.4. The van der Waals surface area contributed by atoms with E-state index in [4.69, 9.17) is 4.74 Å². The van der Waals surface area contributed by atoms with Crippen molar-refractivity contribution in [3.8, 4) is 10.6 Å². The number of rotatable bonds is 3. The molecule has 2 heterocycles. The highest BCUT2D eigenvalue weighted by Crippen LogP contribution is 2.34. The number of amides is 1. The monoisotopic (exact) mass is 363 g/mol. The quantitative estimate of drug-likeness (QED) is 0.695. The highest BCUT2D eigenvalue weighted by Gasteiger charge is 2.34. The van der Waals surface area contributed by atoms with Crippen molar-refractivity contribution in [1.82, 2.24) is 9.99 Å². The van der Waals surface area contributed by atoms with Crippen LogP contribution in [-0.4, -0.2) is 21.8 Å². The van der Waals surface area contributed by atoms with Crippen molar-refractivity contribution in [2.45, 2.75) is 20.1 Å². The Labute approximate surface area is 155 Å². The van der Waals surface area contributed by atoms with Crippen molar-refractivity contribution in [2.75, 3.05) is 0 Å². The molecule has 1 aliphatic rings. The number of nitrogens with zero attached hydrogens (tertiary/aromatic N) is 3. The van der Waals surface area contributed by atoms with Gasteiger partial charge in [-0.2, -0.15) is 5.01 Å². The lowest BCUT2D eigenvalue weighted by Gasteiger charge is -2.18. The Morgan fingerprint density at radius 2 is 1.73 bits per heavy atom. The fraction of sp³-hybridized carbons (Fsp3) is 0.150. The van der Waals surface area contributed by atoms with E-state index in [0.29, 0.717) is 5.90 Å². The first-order valence-electron chi connectivity index (χ1n) is 8.26. The smallest absolute Gasteiger partial charge is 0.253 e. The Morgan fingerprint density at radius 1 is 1.08 bits per heavy atom. The Bertz CT molecular complexity index is 967. The lowest BCUT2D eigenvalue weighted by atomic mass is 10.2. The van der Waals surface area contributed by atoms with Crippen LogP contribution in [0.3, 0.4) is 0 Å². The molecule has 130 valence electrons. The van der Waals surface area contributed by atoms with Gasteiger partial charge in [-0.15, -0.1) is 16.4 Å². The summed E-state index contributed by atoms with van der Waals surface area (Å²) in [7, 11) is 0. The van der Waals surface area contributed by atoms with Crippen LogP contribution in [0.15, 0.2) is 65.8 Å². The zero-order chi connectivity index (χ0) is 18.1. The van der Waals surface area contributed by atoms with Gasteiger partial charge in [-0.3, -0.25) is 4.79 Å². The van der Waals surface area contributed by atoms with E-state index in [-0.39, 0.29) is 5.91 Å². The SMILES string of the molecule is CC(=O)N1N=C(c2sc(-c3ccccc3)nc2C)OC1c1ccccc1. The van der Waals surface area contributed by atoms with E-state index >= 15 is 0 Å². The molecule has 0 aliphatic carbocycles. The highest BCUT2D eigenvalue weighted by atomic mass is 32.1. The number of carbonyl (C=O) groups is 1. The third kappa shape index (κ3) is 2.99. The van der Waals surface area contributed by atoms with Crippen LogP contribution in [0.1, 0.15) is 29.3 Å². The predicted octanol–water partition coefficient (Wildman–Crippen LogP) is 4.36. The van der Waals surface area contributed by atoms with E-state index in [2.05, 4.69) is 10.1 Å². The van der Waals surface area contributed by atoms with E-state index in [0.717, 1.165) is 26.7 Å². The van der Waals surface area contributed by atoms with Gasteiger partial charge in [0.1, 0.15) is 9.88 Å². The van der Waals surface area contributed by atoms with E-state index < -0.39 is 6.23 Å². The fourth-order valence-electron chi connectivity index (χ4n) is 2.79. The Kier molecular flexibility index (Phi) is 4.26. The minimum absolute atomic E-state index is 0.167. The number of hydrazone groups is 1. The Morgan fingerprint density at radius 3 is 2.38 bits per heavy atom. The Balaban J connectivity index is 1.69. The largest absolute Gasteiger partial charge is 0.445 e. The Hall–Kier alpha value is -2.99. The highest BCUT2D eigenvalue weighted by molar-refractivity contribution is 7.17. The molecule has 0 spiro atoms. The second-order valence-corrected chi connectivity index (χ2v) is 6.95. The molecule has 0 N–H and O–H groups in total. The van der Waals surface area contributed by atoms with Gasteiger partial charge in [0, 0.05) is 18.1 Å². The van der Waals surface area contributed by atoms with Gasteiger partial charge in [0.2, 0.25) is 12.1 Å². The van der Waals surface area contributed by atoms with E-state index in [9.17, 15) is 4.79 Å². The van der Waals surface area contributed by atoms with Crippen molar-refractivity contribution < 1.29 is 9.53 Å². The van der Waals surface area contributed by atoms with Crippen LogP contribution in [0.4, 0.5) is 0 Å². The van der Waals surface area contributed by atoms with Crippen LogP contribution in [0.2, 0.25) is 0 Å². The summed E-state index contributed by atoms with van der Waals surface area (Å²) in [6.45, 7) is 3.42. The standard InChI is InChI=1S/C20H17N3O2S/c1-13-17(26-19(21-13)15-9-5-3-6-10-15)18-22-23(14(2)24)20(25-18)16-11-7-4-8-12-16/h3-12,20H,1-2H3. The molecular formula is C20H17N3O2S. The minimum atomic E-state index is -0.551. The van der Waals surface area contributed by atoms with Gasteiger partial charge in [-0.1, -0.05) is 60.7 Å². The summed E-state index contributed by atoms with van der Waals surface area (Å²) >= 11 is 1.52. The number of hydrogen-bond donors (Lipinski definition) is 0. The number of carbonyl (C=O) groups excluding carboxylic acids is 1. The molecule has 3 aromatic rings. The van der Waals surface area contributed by atoms with Crippen molar-refractivity contribution in [3.05, 3.63) is 76.8 Å². The first-order chi connectivity index (χ1) is 12.6. The molecule has 1 unspecified atom stereocenters. The second-order valence-electron chi connectivity index (χ2n) is 5.95. The summed E-state index contributed by atoms with van der Waals surface area (Å²) in [6.07, 6.45) is -0.551. The maximum Gasteiger partial charge on any atom is 0.253 e. The van der Waals surface area contributed by atoms with E-state index in [1.165, 1.54) is 23.3 Å². The minimum Gasteiger partial charge on any atom is -0.445 e. The number of benzene rings is 2. The number of hydrogen-bond acceptors (Lipinski definition) is 5. The molecule has 5 nitrogen and oxygen atoms in total. The number of aryl methyl sites for hydroxylation is 1. The average molecular weight is 363 g/mol. The maximum atomic E-state index is 12.0. The maximum absolute atomic E-state index is 12.0. The molecule has 2 aromatic carbocycles. The predicted molar refractivity (Wildman–Crippen MR) is 102 cm³/mol. The van der Waals surface area contributed by atoms with Gasteiger partial charge in [0.25, 0.3) is 5.90 Å². The normalized spacial score (nSPS) is 16.3. The molecule has 0 bridgehead atoms. The summed E-state index contributed by atoms with van der Waals surface area (Å²) in [5.74, 6) is 0.269. The van der Waals surface area contributed by atoms with E-state index in [1.807, 2.05) is 67.6 Å². The lowest BCUT2D eigenvalue weighted by Crippen LogP contribution is -2.25. The van der Waals surface area contributed by atoms with Crippen LogP contribution >= 0.6 is 11.3 Å². The van der Waals surface area contributed by atoms with Crippen LogP contribution in [-0.2, 0) is 9.53 Å². The summed E-state index contributed by atoms with van der Waals surface area (Å²) in [5.41, 5.74) is 2.77. The molecule has 0 saturated heterocycles. The number of thiazole rings is 1. The van der Waals surface area contributed by atoms with Crippen molar-refractivity contribution in [2.24, 2.45) is 5.10 Å². The van der Waals surface area contributed by atoms with Gasteiger partial charge in [-0.05, 0) is 6.92 Å². The average Bonchev–Trinajstić information content (AvgIpc) is 3.27. The lowest BCUT2D eigenvalue weighted by molar-refractivity contribution is -0.135. The molecule has 1 amide bonds. The second kappa shape index (κ2) is 6.72. The summed E-state index contributed by atoms with van der Waals surface area (Å²) < 4.78 is 6.06. The number of aromatic nitrogens is 1. The molecule has 1 aliphatic heterocycles. The van der Waals surface area contributed by atoms with Crippen molar-refractivity contribution in [1.29, 1.82) is 0 Å². The van der Waals surface area contributed by atoms with Gasteiger partial charge >= 0.3 is 0 Å². The molecule has 0 saturated carbocycles. The summed E-state index contributed by atoms with van der Waals surface area (Å²) in [4.78, 5) is 17.5. The fourth-order valence-corrected chi connectivity index (χ4v) is 3.79. The van der Waals surface area contributed by atoms with Crippen LogP contribution in [0.5, 0.6) is 0 Å². The molecule has 1 atom stereocenters. The molecule has 1 aromatic heterocycles. The third-order valence-electron chi connectivity index (χ3n) is 4.06. The van der Waals surface area contributed by atoms with Gasteiger partial charge in [0.15, 0.2) is 0 Å². The molecule has 4 rings (SSSR count). The third-order valence-corrected chi connectivity index (χ3v) is 5.26. The van der Waals surface area contributed by atoms with E-state index in [1.54, 1.807) is 0 Å². The van der Waals surface area contributed by atoms with Gasteiger partial charge in [-0.25, -0.2) is 4.98 Å².